The molecule has 1 N–H and O–H groups in total. The summed E-state index contributed by atoms with van der Waals surface area (Å²) in [5, 5.41) is 0. The van der Waals surface area contributed by atoms with Gasteiger partial charge in [-0.3, -0.25) is 4.98 Å². The van der Waals surface area contributed by atoms with Crippen LogP contribution in [0, 0.1) is 6.92 Å². The maximum atomic E-state index is 11.4. The van der Waals surface area contributed by atoms with Crippen LogP contribution in [0.2, 0.25) is 0 Å². The predicted octanol–water partition coefficient (Wildman–Crippen LogP) is 2.59. The fourth-order valence-corrected chi connectivity index (χ4v) is 1.57. The third kappa shape index (κ3) is 2.65. The molecule has 0 atom stereocenters. The first-order valence-electron chi connectivity index (χ1n) is 4.90. The van der Waals surface area contributed by atoms with E-state index in [0.717, 1.165) is 17.0 Å². The van der Waals surface area contributed by atoms with E-state index in [1.807, 2.05) is 19.1 Å². The summed E-state index contributed by atoms with van der Waals surface area (Å²) < 4.78 is 4.70. The van der Waals surface area contributed by atoms with Crippen molar-refractivity contribution in [2.24, 2.45) is 0 Å². The molecule has 0 spiro atoms. The molecular formula is C12H13ClN2O2. The van der Waals surface area contributed by atoms with Gasteiger partial charge in [0, 0.05) is 29.3 Å². The lowest BCUT2D eigenvalue weighted by Gasteiger charge is -1.95. The highest BCUT2D eigenvalue weighted by Gasteiger charge is 2.13. The monoisotopic (exact) mass is 252 g/mol. The van der Waals surface area contributed by atoms with Crippen molar-refractivity contribution in [3.05, 3.63) is 41.9 Å². The number of rotatable bonds is 2. The average Bonchev–Trinajstić information content (AvgIpc) is 2.71. The summed E-state index contributed by atoms with van der Waals surface area (Å²) in [4.78, 5) is 18.5. The van der Waals surface area contributed by atoms with Crippen molar-refractivity contribution >= 4 is 18.4 Å². The molecule has 0 aliphatic rings. The molecular weight excluding hydrogens is 240 g/mol. The van der Waals surface area contributed by atoms with E-state index in [1.165, 1.54) is 7.11 Å². The molecule has 0 unspecified atom stereocenters. The van der Waals surface area contributed by atoms with Crippen molar-refractivity contribution in [1.82, 2.24) is 9.97 Å². The van der Waals surface area contributed by atoms with E-state index in [2.05, 4.69) is 9.97 Å². The molecule has 0 fully saturated rings. The number of nitrogens with one attached hydrogen (secondary N) is 1. The number of hydrogen-bond donors (Lipinski definition) is 1. The Labute approximate surface area is 105 Å². The van der Waals surface area contributed by atoms with E-state index < -0.39 is 0 Å². The predicted molar refractivity (Wildman–Crippen MR) is 67.3 cm³/mol. The molecule has 0 bridgehead atoms. The van der Waals surface area contributed by atoms with Crippen LogP contribution in [0.4, 0.5) is 0 Å². The Morgan fingerprint density at radius 3 is 2.59 bits per heavy atom. The number of aryl methyl sites for hydroxylation is 1. The fraction of sp³-hybridized carbons (Fsp3) is 0.167. The number of esters is 1. The van der Waals surface area contributed by atoms with Gasteiger partial charge in [-0.1, -0.05) is 0 Å². The van der Waals surface area contributed by atoms with Gasteiger partial charge in [-0.25, -0.2) is 4.79 Å². The number of ether oxygens (including phenoxy) is 1. The quantitative estimate of drug-likeness (QED) is 0.836. The zero-order valence-electron chi connectivity index (χ0n) is 9.56. The molecule has 2 rings (SSSR count). The molecule has 17 heavy (non-hydrogen) atoms. The number of hydrogen-bond acceptors (Lipinski definition) is 3. The normalized spacial score (nSPS) is 9.53. The summed E-state index contributed by atoms with van der Waals surface area (Å²) in [7, 11) is 1.38. The average molecular weight is 253 g/mol. The van der Waals surface area contributed by atoms with Crippen LogP contribution >= 0.6 is 12.4 Å². The molecule has 90 valence electrons. The maximum absolute atomic E-state index is 11.4. The molecule has 0 saturated carbocycles. The third-order valence-electron chi connectivity index (χ3n) is 2.41. The molecule has 2 aromatic rings. The summed E-state index contributed by atoms with van der Waals surface area (Å²) in [6.07, 6.45) is 3.42. The van der Waals surface area contributed by atoms with Crippen LogP contribution in [-0.4, -0.2) is 23.0 Å². The Morgan fingerprint density at radius 1 is 1.35 bits per heavy atom. The summed E-state index contributed by atoms with van der Waals surface area (Å²) in [5.74, 6) is -0.325. The van der Waals surface area contributed by atoms with Gasteiger partial charge < -0.3 is 9.72 Å². The van der Waals surface area contributed by atoms with E-state index in [0.29, 0.717) is 5.56 Å². The van der Waals surface area contributed by atoms with Crippen molar-refractivity contribution in [3.8, 4) is 11.3 Å². The van der Waals surface area contributed by atoms with E-state index in [9.17, 15) is 4.79 Å². The second-order valence-corrected chi connectivity index (χ2v) is 3.45. The van der Waals surface area contributed by atoms with Crippen molar-refractivity contribution in [2.75, 3.05) is 7.11 Å². The summed E-state index contributed by atoms with van der Waals surface area (Å²) in [5.41, 5.74) is 3.25. The van der Waals surface area contributed by atoms with Gasteiger partial charge in [-0.05, 0) is 25.1 Å². The second kappa shape index (κ2) is 5.50. The highest BCUT2D eigenvalue weighted by molar-refractivity contribution is 5.92. The summed E-state index contributed by atoms with van der Waals surface area (Å²) in [6.45, 7) is 1.84. The number of aromatic nitrogens is 2. The summed E-state index contributed by atoms with van der Waals surface area (Å²) in [6, 6.07) is 5.55. The molecule has 0 aromatic carbocycles. The van der Waals surface area contributed by atoms with Gasteiger partial charge in [-0.15, -0.1) is 12.4 Å². The van der Waals surface area contributed by atoms with Gasteiger partial charge in [0.15, 0.2) is 0 Å². The lowest BCUT2D eigenvalue weighted by atomic mass is 10.2. The SMILES string of the molecule is COC(=O)c1cc(-c2ccncc2)[nH]c1C.Cl. The Kier molecular flexibility index (Phi) is 4.29. The number of aromatic amines is 1. The Balaban J connectivity index is 0.00000144. The number of halogens is 1. The van der Waals surface area contributed by atoms with Gasteiger partial charge in [0.2, 0.25) is 0 Å². The van der Waals surface area contributed by atoms with Crippen LogP contribution in [0.5, 0.6) is 0 Å². The standard InChI is InChI=1S/C12H12N2O2.ClH/c1-8-10(12(15)16-2)7-11(14-8)9-3-5-13-6-4-9;/h3-7,14H,1-2H3;1H. The number of nitrogens with zero attached hydrogens (tertiary/aromatic N) is 1. The minimum atomic E-state index is -0.325. The minimum Gasteiger partial charge on any atom is -0.465 e. The van der Waals surface area contributed by atoms with Gasteiger partial charge in [0.25, 0.3) is 0 Å². The van der Waals surface area contributed by atoms with E-state index in [4.69, 9.17) is 4.74 Å². The Morgan fingerprint density at radius 2 is 2.00 bits per heavy atom. The van der Waals surface area contributed by atoms with E-state index in [1.54, 1.807) is 18.5 Å². The molecule has 0 aliphatic heterocycles. The first kappa shape index (κ1) is 13.3. The van der Waals surface area contributed by atoms with Gasteiger partial charge in [0.1, 0.15) is 0 Å². The Bertz CT molecular complexity index is 508. The molecule has 2 aromatic heterocycles. The van der Waals surface area contributed by atoms with Crippen LogP contribution in [-0.2, 0) is 4.74 Å². The van der Waals surface area contributed by atoms with Crippen molar-refractivity contribution in [3.63, 3.8) is 0 Å². The van der Waals surface area contributed by atoms with Gasteiger partial charge in [0.05, 0.1) is 12.7 Å². The molecule has 4 nitrogen and oxygen atoms in total. The second-order valence-electron chi connectivity index (χ2n) is 3.45. The number of pyridine rings is 1. The molecule has 0 saturated heterocycles. The van der Waals surface area contributed by atoms with Crippen molar-refractivity contribution < 1.29 is 9.53 Å². The first-order valence-corrected chi connectivity index (χ1v) is 4.90. The number of carbonyl (C=O) groups is 1. The van der Waals surface area contributed by atoms with Crippen LogP contribution in [0.1, 0.15) is 16.1 Å². The topological polar surface area (TPSA) is 55.0 Å². The van der Waals surface area contributed by atoms with Crippen LogP contribution in [0.3, 0.4) is 0 Å². The molecule has 0 radical (unpaired) electrons. The largest absolute Gasteiger partial charge is 0.465 e. The highest BCUT2D eigenvalue weighted by atomic mass is 35.5. The lowest BCUT2D eigenvalue weighted by molar-refractivity contribution is 0.0600. The smallest absolute Gasteiger partial charge is 0.339 e. The summed E-state index contributed by atoms with van der Waals surface area (Å²) >= 11 is 0. The molecule has 0 aliphatic carbocycles. The van der Waals surface area contributed by atoms with Crippen LogP contribution in [0.15, 0.2) is 30.6 Å². The molecule has 0 amide bonds. The zero-order valence-corrected chi connectivity index (χ0v) is 10.4. The van der Waals surface area contributed by atoms with Crippen LogP contribution in [0.25, 0.3) is 11.3 Å². The lowest BCUT2D eigenvalue weighted by Crippen LogP contribution is -2.00. The van der Waals surface area contributed by atoms with Crippen molar-refractivity contribution in [1.29, 1.82) is 0 Å². The minimum absolute atomic E-state index is 0. The third-order valence-corrected chi connectivity index (χ3v) is 2.41. The molecule has 2 heterocycles. The van der Waals surface area contributed by atoms with E-state index >= 15 is 0 Å². The van der Waals surface area contributed by atoms with Crippen molar-refractivity contribution in [2.45, 2.75) is 6.92 Å². The Hall–Kier alpha value is -1.81. The highest BCUT2D eigenvalue weighted by Crippen LogP contribution is 2.21. The number of H-pyrrole nitrogens is 1. The van der Waals surface area contributed by atoms with Gasteiger partial charge >= 0.3 is 5.97 Å². The van der Waals surface area contributed by atoms with Gasteiger partial charge in [-0.2, -0.15) is 0 Å². The fourth-order valence-electron chi connectivity index (χ4n) is 1.57. The maximum Gasteiger partial charge on any atom is 0.339 e. The number of methoxy groups -OCH3 is 1. The van der Waals surface area contributed by atoms with E-state index in [-0.39, 0.29) is 18.4 Å². The molecule has 5 heteroatoms. The van der Waals surface area contributed by atoms with Crippen LogP contribution < -0.4 is 0 Å². The number of carbonyl (C=O) groups excluding carboxylic acids is 1. The zero-order chi connectivity index (χ0) is 11.5. The first-order chi connectivity index (χ1) is 7.72.